The third-order valence-electron chi connectivity index (χ3n) is 4.91. The summed E-state index contributed by atoms with van der Waals surface area (Å²) in [5, 5.41) is 2.87. The number of piperidine rings is 1. The maximum absolute atomic E-state index is 12.8. The molecule has 1 unspecified atom stereocenters. The molecule has 156 valence electrons. The van der Waals surface area contributed by atoms with E-state index in [0.29, 0.717) is 35.7 Å². The molecule has 1 atom stereocenters. The average Bonchev–Trinajstić information content (AvgIpc) is 3.19. The number of sulfonamides is 1. The fraction of sp³-hybridized carbons (Fsp3) is 0.400. The Kier molecular flexibility index (Phi) is 6.71. The molecule has 0 saturated carbocycles. The summed E-state index contributed by atoms with van der Waals surface area (Å²) in [7, 11) is -2.24. The van der Waals surface area contributed by atoms with Crippen molar-refractivity contribution in [3.05, 3.63) is 52.4 Å². The van der Waals surface area contributed by atoms with E-state index < -0.39 is 16.0 Å². The fourth-order valence-electron chi connectivity index (χ4n) is 3.26. The highest BCUT2D eigenvalue weighted by molar-refractivity contribution is 7.91. The lowest BCUT2D eigenvalue weighted by molar-refractivity contribution is -0.126. The summed E-state index contributed by atoms with van der Waals surface area (Å²) in [6.07, 6.45) is 1.30. The highest BCUT2D eigenvalue weighted by Gasteiger charge is 2.33. The van der Waals surface area contributed by atoms with E-state index in [9.17, 15) is 18.0 Å². The normalized spacial score (nSPS) is 17.7. The Bertz CT molecular complexity index is 983. The molecular weight excluding hydrogens is 412 g/mol. The molecule has 29 heavy (non-hydrogen) atoms. The number of benzene rings is 1. The van der Waals surface area contributed by atoms with Crippen LogP contribution in [0.15, 0.2) is 40.6 Å². The molecule has 0 radical (unpaired) electrons. The minimum absolute atomic E-state index is 0.163. The predicted octanol–water partition coefficient (Wildman–Crippen LogP) is 2.56. The van der Waals surface area contributed by atoms with Gasteiger partial charge >= 0.3 is 5.97 Å². The van der Waals surface area contributed by atoms with Crippen LogP contribution in [0.3, 0.4) is 0 Å². The van der Waals surface area contributed by atoms with Crippen LogP contribution in [0.25, 0.3) is 0 Å². The molecule has 1 fully saturated rings. The summed E-state index contributed by atoms with van der Waals surface area (Å²) in [5.41, 5.74) is 1.29. The molecule has 9 heteroatoms. The van der Waals surface area contributed by atoms with Crippen molar-refractivity contribution in [2.45, 2.75) is 30.5 Å². The van der Waals surface area contributed by atoms with Crippen molar-refractivity contribution in [3.63, 3.8) is 0 Å². The van der Waals surface area contributed by atoms with Gasteiger partial charge in [0.05, 0.1) is 18.6 Å². The summed E-state index contributed by atoms with van der Waals surface area (Å²) >= 11 is 1.25. The van der Waals surface area contributed by atoms with Crippen molar-refractivity contribution in [1.82, 2.24) is 9.62 Å². The van der Waals surface area contributed by atoms with Crippen LogP contribution in [-0.2, 0) is 26.1 Å². The molecule has 1 aromatic carbocycles. The van der Waals surface area contributed by atoms with Gasteiger partial charge in [-0.05, 0) is 49.6 Å². The van der Waals surface area contributed by atoms with Gasteiger partial charge in [-0.1, -0.05) is 12.1 Å². The second kappa shape index (κ2) is 9.06. The first kappa shape index (κ1) is 21.5. The van der Waals surface area contributed by atoms with Crippen LogP contribution in [0.4, 0.5) is 0 Å². The van der Waals surface area contributed by atoms with Crippen molar-refractivity contribution < 1.29 is 22.7 Å². The van der Waals surface area contributed by atoms with Gasteiger partial charge in [0.25, 0.3) is 10.0 Å². The van der Waals surface area contributed by atoms with Crippen molar-refractivity contribution in [1.29, 1.82) is 0 Å². The molecule has 2 aromatic rings. The third kappa shape index (κ3) is 5.04. The van der Waals surface area contributed by atoms with Gasteiger partial charge in [0.15, 0.2) is 0 Å². The number of nitrogens with zero attached hydrogens (tertiary/aromatic N) is 1. The van der Waals surface area contributed by atoms with Crippen molar-refractivity contribution in [2.24, 2.45) is 5.92 Å². The molecule has 0 bridgehead atoms. The summed E-state index contributed by atoms with van der Waals surface area (Å²) < 4.78 is 32.1. The van der Waals surface area contributed by atoms with Gasteiger partial charge in [-0.15, -0.1) is 11.3 Å². The Labute approximate surface area is 174 Å². The minimum Gasteiger partial charge on any atom is -0.465 e. The number of rotatable bonds is 6. The molecule has 1 amide bonds. The lowest BCUT2D eigenvalue weighted by Crippen LogP contribution is -2.45. The number of methoxy groups -OCH3 is 1. The summed E-state index contributed by atoms with van der Waals surface area (Å²) in [5.74, 6) is -0.955. The van der Waals surface area contributed by atoms with Crippen LogP contribution in [0.1, 0.15) is 33.6 Å². The number of esters is 1. The van der Waals surface area contributed by atoms with E-state index in [0.717, 1.165) is 10.4 Å². The Balaban J connectivity index is 1.59. The molecule has 7 nitrogen and oxygen atoms in total. The maximum Gasteiger partial charge on any atom is 0.337 e. The Hall–Kier alpha value is -2.23. The first-order chi connectivity index (χ1) is 13.8. The molecule has 0 aliphatic carbocycles. The number of ether oxygens (including phenoxy) is 1. The molecule has 1 saturated heterocycles. The zero-order valence-corrected chi connectivity index (χ0v) is 18.0. The van der Waals surface area contributed by atoms with E-state index in [-0.39, 0.29) is 18.4 Å². The maximum atomic E-state index is 12.8. The molecule has 0 spiro atoms. The molecule has 1 N–H and O–H groups in total. The second-order valence-electron chi connectivity index (χ2n) is 6.97. The van der Waals surface area contributed by atoms with E-state index in [2.05, 4.69) is 10.1 Å². The van der Waals surface area contributed by atoms with E-state index >= 15 is 0 Å². The quantitative estimate of drug-likeness (QED) is 0.703. The van der Waals surface area contributed by atoms with Crippen LogP contribution in [0, 0.1) is 12.8 Å². The number of nitrogens with one attached hydrogen (secondary N) is 1. The Morgan fingerprint density at radius 3 is 2.55 bits per heavy atom. The number of thiophene rings is 1. The molecular formula is C20H24N2O5S2. The van der Waals surface area contributed by atoms with E-state index in [1.165, 1.54) is 22.8 Å². The minimum atomic E-state index is -3.56. The van der Waals surface area contributed by atoms with Gasteiger partial charge < -0.3 is 10.1 Å². The van der Waals surface area contributed by atoms with Crippen LogP contribution in [-0.4, -0.2) is 44.8 Å². The summed E-state index contributed by atoms with van der Waals surface area (Å²) in [6, 6.07) is 10.2. The summed E-state index contributed by atoms with van der Waals surface area (Å²) in [4.78, 5) is 25.0. The topological polar surface area (TPSA) is 92.8 Å². The number of hydrogen-bond acceptors (Lipinski definition) is 6. The van der Waals surface area contributed by atoms with E-state index in [1.54, 1.807) is 36.4 Å². The molecule has 1 aromatic heterocycles. The molecule has 3 rings (SSSR count). The molecule has 1 aliphatic heterocycles. The summed E-state index contributed by atoms with van der Waals surface area (Å²) in [6.45, 7) is 2.80. The predicted molar refractivity (Wildman–Crippen MR) is 110 cm³/mol. The van der Waals surface area contributed by atoms with Gasteiger partial charge in [-0.2, -0.15) is 4.31 Å². The second-order valence-corrected chi connectivity index (χ2v) is 10.4. The zero-order valence-electron chi connectivity index (χ0n) is 16.4. The monoisotopic (exact) mass is 436 g/mol. The van der Waals surface area contributed by atoms with Gasteiger partial charge in [0.1, 0.15) is 4.21 Å². The van der Waals surface area contributed by atoms with E-state index in [1.807, 2.05) is 6.92 Å². The Morgan fingerprint density at radius 1 is 1.21 bits per heavy atom. The van der Waals surface area contributed by atoms with Crippen molar-refractivity contribution >= 4 is 33.2 Å². The largest absolute Gasteiger partial charge is 0.465 e. The van der Waals surface area contributed by atoms with Crippen LogP contribution < -0.4 is 5.32 Å². The average molecular weight is 437 g/mol. The number of aryl methyl sites for hydroxylation is 1. The lowest BCUT2D eigenvalue weighted by atomic mass is 9.98. The first-order valence-electron chi connectivity index (χ1n) is 9.33. The van der Waals surface area contributed by atoms with Gasteiger partial charge in [-0.3, -0.25) is 4.79 Å². The fourth-order valence-corrected chi connectivity index (χ4v) is 6.22. The zero-order chi connectivity index (χ0) is 21.0. The number of carbonyl (C=O) groups excluding carboxylic acids is 2. The Morgan fingerprint density at radius 2 is 1.93 bits per heavy atom. The number of carbonyl (C=O) groups is 2. The third-order valence-corrected chi connectivity index (χ3v) is 8.24. The van der Waals surface area contributed by atoms with Crippen LogP contribution in [0.2, 0.25) is 0 Å². The van der Waals surface area contributed by atoms with Crippen LogP contribution in [0.5, 0.6) is 0 Å². The SMILES string of the molecule is COC(=O)c1ccc(CNC(=O)C2CCCN(S(=O)(=O)c3ccc(C)s3)C2)cc1. The highest BCUT2D eigenvalue weighted by atomic mass is 32.2. The number of hydrogen-bond donors (Lipinski definition) is 1. The van der Waals surface area contributed by atoms with Crippen molar-refractivity contribution in [3.8, 4) is 0 Å². The van der Waals surface area contributed by atoms with Crippen LogP contribution >= 0.6 is 11.3 Å². The molecule has 2 heterocycles. The van der Waals surface area contributed by atoms with E-state index in [4.69, 9.17) is 0 Å². The highest BCUT2D eigenvalue weighted by Crippen LogP contribution is 2.28. The van der Waals surface area contributed by atoms with Crippen molar-refractivity contribution in [2.75, 3.05) is 20.2 Å². The number of amides is 1. The van der Waals surface area contributed by atoms with Gasteiger partial charge in [0, 0.05) is 24.5 Å². The van der Waals surface area contributed by atoms with Gasteiger partial charge in [-0.25, -0.2) is 13.2 Å². The standard InChI is InChI=1S/C20H24N2O5S2/c1-14-5-10-18(28-14)29(25,26)22-11-3-4-17(13-22)19(23)21-12-15-6-8-16(9-7-15)20(24)27-2/h5-10,17H,3-4,11-13H2,1-2H3,(H,21,23). The molecule has 1 aliphatic rings. The lowest BCUT2D eigenvalue weighted by Gasteiger charge is -2.30. The smallest absolute Gasteiger partial charge is 0.337 e. The van der Waals surface area contributed by atoms with Gasteiger partial charge in [0.2, 0.25) is 5.91 Å². The first-order valence-corrected chi connectivity index (χ1v) is 11.6.